The van der Waals surface area contributed by atoms with Gasteiger partial charge in [0.15, 0.2) is 0 Å². The summed E-state index contributed by atoms with van der Waals surface area (Å²) in [5.41, 5.74) is 0.714. The molecule has 2 atom stereocenters. The molecule has 1 fully saturated rings. The first-order valence-corrected chi connectivity index (χ1v) is 7.78. The summed E-state index contributed by atoms with van der Waals surface area (Å²) in [6.45, 7) is 2.96. The summed E-state index contributed by atoms with van der Waals surface area (Å²) in [6, 6.07) is 3.17. The summed E-state index contributed by atoms with van der Waals surface area (Å²) in [6.07, 6.45) is 0.593. The van der Waals surface area contributed by atoms with E-state index in [9.17, 15) is 14.7 Å². The summed E-state index contributed by atoms with van der Waals surface area (Å²) in [5, 5.41) is 12.0. The maximum atomic E-state index is 12.3. The Hall–Kier alpha value is -2.51. The minimum atomic E-state index is -0.861. The van der Waals surface area contributed by atoms with E-state index in [2.05, 4.69) is 10.3 Å². The number of carbonyl (C=O) groups is 2. The number of aromatic nitrogens is 1. The number of carboxylic acids is 1. The normalized spacial score (nSPS) is 20.4. The van der Waals surface area contributed by atoms with Crippen LogP contribution in [0, 0.1) is 11.8 Å². The average Bonchev–Trinajstić information content (AvgIpc) is 2.58. The lowest BCUT2D eigenvalue weighted by Gasteiger charge is -2.34. The lowest BCUT2D eigenvalue weighted by atomic mass is 9.91. The molecule has 2 N–H and O–H groups in total. The highest BCUT2D eigenvalue weighted by molar-refractivity contribution is 5.76. The van der Waals surface area contributed by atoms with Gasteiger partial charge in [-0.1, -0.05) is 6.92 Å². The lowest BCUT2D eigenvalue weighted by Crippen LogP contribution is -2.49. The number of methoxy groups -OCH3 is 2. The SMILES string of the molecule is COc1ccc(CNC(=O)N2CC(C)CC(C(=O)O)C2)c(OC)n1. The fourth-order valence-electron chi connectivity index (χ4n) is 2.86. The molecule has 0 saturated carbocycles. The Kier molecular flexibility index (Phi) is 5.83. The van der Waals surface area contributed by atoms with Gasteiger partial charge in [0.1, 0.15) is 0 Å². The van der Waals surface area contributed by atoms with Gasteiger partial charge in [0, 0.05) is 31.3 Å². The topological polar surface area (TPSA) is 101 Å². The van der Waals surface area contributed by atoms with Crippen molar-refractivity contribution in [2.24, 2.45) is 11.8 Å². The standard InChI is InChI=1S/C16H23N3O5/c1-10-6-12(15(20)21)9-19(8-10)16(22)17-7-11-4-5-13(23-2)18-14(11)24-3/h4-5,10,12H,6-9H2,1-3H3,(H,17,22)(H,20,21). The van der Waals surface area contributed by atoms with Gasteiger partial charge in [-0.3, -0.25) is 4.79 Å². The van der Waals surface area contributed by atoms with Gasteiger partial charge < -0.3 is 24.8 Å². The second kappa shape index (κ2) is 7.85. The Morgan fingerprint density at radius 2 is 2.08 bits per heavy atom. The van der Waals surface area contributed by atoms with Crippen molar-refractivity contribution in [1.82, 2.24) is 15.2 Å². The van der Waals surface area contributed by atoms with Crippen molar-refractivity contribution in [2.45, 2.75) is 19.9 Å². The van der Waals surface area contributed by atoms with Gasteiger partial charge in [0.05, 0.1) is 20.1 Å². The van der Waals surface area contributed by atoms with Gasteiger partial charge in [-0.15, -0.1) is 0 Å². The molecule has 1 aromatic heterocycles. The Morgan fingerprint density at radius 3 is 2.71 bits per heavy atom. The molecule has 0 aliphatic carbocycles. The van der Waals surface area contributed by atoms with E-state index in [-0.39, 0.29) is 25.0 Å². The highest BCUT2D eigenvalue weighted by Crippen LogP contribution is 2.22. The van der Waals surface area contributed by atoms with Crippen LogP contribution >= 0.6 is 0 Å². The molecule has 2 heterocycles. The molecule has 1 saturated heterocycles. The summed E-state index contributed by atoms with van der Waals surface area (Å²) < 4.78 is 10.2. The molecular formula is C16H23N3O5. The summed E-state index contributed by atoms with van der Waals surface area (Å²) >= 11 is 0. The number of nitrogens with one attached hydrogen (secondary N) is 1. The van der Waals surface area contributed by atoms with Crippen LogP contribution in [-0.2, 0) is 11.3 Å². The molecule has 24 heavy (non-hydrogen) atoms. The molecule has 8 nitrogen and oxygen atoms in total. The fraction of sp³-hybridized carbons (Fsp3) is 0.562. The zero-order valence-corrected chi connectivity index (χ0v) is 14.1. The predicted octanol–water partition coefficient (Wildman–Crippen LogP) is 1.35. The summed E-state index contributed by atoms with van der Waals surface area (Å²) in [4.78, 5) is 29.3. The van der Waals surface area contributed by atoms with Gasteiger partial charge >= 0.3 is 12.0 Å². The number of carbonyl (C=O) groups excluding carboxylic acids is 1. The molecule has 2 rings (SSSR count). The molecule has 0 spiro atoms. The van der Waals surface area contributed by atoms with E-state index in [1.165, 1.54) is 14.2 Å². The van der Waals surface area contributed by atoms with Crippen molar-refractivity contribution in [3.8, 4) is 11.8 Å². The fourth-order valence-corrected chi connectivity index (χ4v) is 2.86. The van der Waals surface area contributed by atoms with E-state index in [1.54, 1.807) is 17.0 Å². The predicted molar refractivity (Wildman–Crippen MR) is 86.1 cm³/mol. The van der Waals surface area contributed by atoms with Gasteiger partial charge in [-0.25, -0.2) is 4.79 Å². The number of amides is 2. The van der Waals surface area contributed by atoms with Gasteiger partial charge in [0.25, 0.3) is 0 Å². The average molecular weight is 337 g/mol. The molecule has 8 heteroatoms. The van der Waals surface area contributed by atoms with Gasteiger partial charge in [-0.05, 0) is 18.4 Å². The molecule has 1 aliphatic rings. The van der Waals surface area contributed by atoms with Crippen LogP contribution in [0.15, 0.2) is 12.1 Å². The molecular weight excluding hydrogens is 314 g/mol. The molecule has 2 unspecified atom stereocenters. The van der Waals surface area contributed by atoms with E-state index in [0.29, 0.717) is 30.3 Å². The van der Waals surface area contributed by atoms with Crippen molar-refractivity contribution in [3.63, 3.8) is 0 Å². The highest BCUT2D eigenvalue weighted by Gasteiger charge is 2.31. The number of urea groups is 1. The van der Waals surface area contributed by atoms with E-state index in [4.69, 9.17) is 9.47 Å². The third-order valence-corrected chi connectivity index (χ3v) is 4.04. The Morgan fingerprint density at radius 1 is 1.33 bits per heavy atom. The number of nitrogens with zero attached hydrogens (tertiary/aromatic N) is 2. The molecule has 2 amide bonds. The number of pyridine rings is 1. The molecule has 1 aliphatic heterocycles. The zero-order chi connectivity index (χ0) is 17.7. The van der Waals surface area contributed by atoms with E-state index in [0.717, 1.165) is 0 Å². The zero-order valence-electron chi connectivity index (χ0n) is 14.1. The first kappa shape index (κ1) is 17.8. The van der Waals surface area contributed by atoms with E-state index >= 15 is 0 Å². The molecule has 0 radical (unpaired) electrons. The Labute approximate surface area is 140 Å². The van der Waals surface area contributed by atoms with Crippen molar-refractivity contribution in [2.75, 3.05) is 27.3 Å². The number of piperidine rings is 1. The second-order valence-electron chi connectivity index (χ2n) is 5.96. The van der Waals surface area contributed by atoms with Gasteiger partial charge in [0.2, 0.25) is 11.8 Å². The number of likely N-dealkylation sites (tertiary alicyclic amines) is 1. The highest BCUT2D eigenvalue weighted by atomic mass is 16.5. The van der Waals surface area contributed by atoms with Crippen LogP contribution in [0.2, 0.25) is 0 Å². The minimum Gasteiger partial charge on any atom is -0.481 e. The van der Waals surface area contributed by atoms with E-state index < -0.39 is 11.9 Å². The number of carboxylic acid groups (broad SMARTS) is 1. The van der Waals surface area contributed by atoms with Crippen LogP contribution in [0.3, 0.4) is 0 Å². The molecule has 0 aromatic carbocycles. The van der Waals surface area contributed by atoms with Crippen LogP contribution in [0.5, 0.6) is 11.8 Å². The number of hydrogen-bond donors (Lipinski definition) is 2. The van der Waals surface area contributed by atoms with Crippen LogP contribution in [0.4, 0.5) is 4.79 Å². The third kappa shape index (κ3) is 4.27. The van der Waals surface area contributed by atoms with Crippen LogP contribution in [-0.4, -0.2) is 54.3 Å². The first-order chi connectivity index (χ1) is 11.4. The van der Waals surface area contributed by atoms with Crippen LogP contribution in [0.1, 0.15) is 18.9 Å². The quantitative estimate of drug-likeness (QED) is 0.841. The summed E-state index contributed by atoms with van der Waals surface area (Å²) in [7, 11) is 3.01. The number of aliphatic carboxylic acids is 1. The van der Waals surface area contributed by atoms with E-state index in [1.807, 2.05) is 6.92 Å². The smallest absolute Gasteiger partial charge is 0.317 e. The Balaban J connectivity index is 1.98. The van der Waals surface area contributed by atoms with Crippen molar-refractivity contribution in [1.29, 1.82) is 0 Å². The third-order valence-electron chi connectivity index (χ3n) is 4.04. The lowest BCUT2D eigenvalue weighted by molar-refractivity contribution is -0.143. The maximum absolute atomic E-state index is 12.3. The molecule has 1 aromatic rings. The number of ether oxygens (including phenoxy) is 2. The Bertz CT molecular complexity index is 607. The monoisotopic (exact) mass is 337 g/mol. The maximum Gasteiger partial charge on any atom is 0.317 e. The van der Waals surface area contributed by atoms with Crippen LogP contribution in [0.25, 0.3) is 0 Å². The van der Waals surface area contributed by atoms with Crippen molar-refractivity contribution < 1.29 is 24.2 Å². The largest absolute Gasteiger partial charge is 0.481 e. The first-order valence-electron chi connectivity index (χ1n) is 7.78. The van der Waals surface area contributed by atoms with Crippen molar-refractivity contribution in [3.05, 3.63) is 17.7 Å². The molecule has 132 valence electrons. The molecule has 0 bridgehead atoms. The number of rotatable bonds is 5. The van der Waals surface area contributed by atoms with Crippen LogP contribution < -0.4 is 14.8 Å². The number of hydrogen-bond acceptors (Lipinski definition) is 5. The summed E-state index contributed by atoms with van der Waals surface area (Å²) in [5.74, 6) is -0.416. The second-order valence-corrected chi connectivity index (χ2v) is 5.96. The minimum absolute atomic E-state index is 0.155. The van der Waals surface area contributed by atoms with Crippen molar-refractivity contribution >= 4 is 12.0 Å². The van der Waals surface area contributed by atoms with Gasteiger partial charge in [-0.2, -0.15) is 4.98 Å².